The second-order valence-corrected chi connectivity index (χ2v) is 7.83. The van der Waals surface area contributed by atoms with Gasteiger partial charge in [0.1, 0.15) is 5.01 Å². The highest BCUT2D eigenvalue weighted by atomic mass is 32.1. The first-order valence-electron chi connectivity index (χ1n) is 9.16. The van der Waals surface area contributed by atoms with Crippen LogP contribution in [0.15, 0.2) is 42.5 Å². The Morgan fingerprint density at radius 3 is 2.22 bits per heavy atom. The number of ether oxygens (including phenoxy) is 1. The number of aryl methyl sites for hydroxylation is 1. The van der Waals surface area contributed by atoms with Crippen LogP contribution in [0.2, 0.25) is 0 Å². The fourth-order valence-electron chi connectivity index (χ4n) is 2.90. The minimum atomic E-state index is -2.31. The van der Waals surface area contributed by atoms with Crippen molar-refractivity contribution in [3.05, 3.63) is 77.1 Å². The molecule has 32 heavy (non-hydrogen) atoms. The summed E-state index contributed by atoms with van der Waals surface area (Å²) in [5.41, 5.74) is 3.16. The zero-order valence-corrected chi connectivity index (χ0v) is 17.1. The molecular formula is C22H13F5N2O2S. The van der Waals surface area contributed by atoms with Crippen molar-refractivity contribution in [2.24, 2.45) is 0 Å². The van der Waals surface area contributed by atoms with E-state index in [0.717, 1.165) is 26.4 Å². The largest absolute Gasteiger partial charge is 0.477 e. The topological polar surface area (TPSA) is 51.2 Å². The lowest BCUT2D eigenvalue weighted by molar-refractivity contribution is -0.118. The highest BCUT2D eigenvalue weighted by Crippen LogP contribution is 2.32. The molecule has 1 amide bonds. The predicted octanol–water partition coefficient (Wildman–Crippen LogP) is 5.98. The summed E-state index contributed by atoms with van der Waals surface area (Å²) in [5.74, 6) is -13.3. The summed E-state index contributed by atoms with van der Waals surface area (Å²) in [5, 5.41) is 3.21. The maximum Gasteiger partial charge on any atom is 0.262 e. The molecule has 0 spiro atoms. The van der Waals surface area contributed by atoms with E-state index in [0.29, 0.717) is 5.69 Å². The van der Waals surface area contributed by atoms with E-state index < -0.39 is 47.3 Å². The molecule has 0 saturated carbocycles. The monoisotopic (exact) mass is 464 g/mol. The molecule has 1 N–H and O–H groups in total. The quantitative estimate of drug-likeness (QED) is 0.224. The van der Waals surface area contributed by atoms with Gasteiger partial charge in [0.2, 0.25) is 29.1 Å². The van der Waals surface area contributed by atoms with Gasteiger partial charge in [0.25, 0.3) is 5.91 Å². The number of benzene rings is 3. The van der Waals surface area contributed by atoms with Crippen LogP contribution in [-0.4, -0.2) is 17.5 Å². The highest BCUT2D eigenvalue weighted by Gasteiger charge is 2.27. The number of amides is 1. The molecule has 4 aromatic rings. The number of nitrogens with one attached hydrogen (secondary N) is 1. The van der Waals surface area contributed by atoms with Gasteiger partial charge < -0.3 is 10.1 Å². The van der Waals surface area contributed by atoms with Crippen molar-refractivity contribution in [3.8, 4) is 16.3 Å². The standard InChI is InChI=1S/C22H13F5N2O2S/c1-10-2-7-13-14(8-10)32-22(29-13)11-3-5-12(6-4-11)28-15(30)9-31-21-19(26)17(24)16(23)18(25)20(21)27/h2-8H,9H2,1H3,(H,28,30). The van der Waals surface area contributed by atoms with Crippen LogP contribution in [0.25, 0.3) is 20.8 Å². The Morgan fingerprint density at radius 1 is 0.938 bits per heavy atom. The average molecular weight is 464 g/mol. The van der Waals surface area contributed by atoms with E-state index in [4.69, 9.17) is 0 Å². The van der Waals surface area contributed by atoms with E-state index in [-0.39, 0.29) is 0 Å². The second-order valence-electron chi connectivity index (χ2n) is 6.80. The van der Waals surface area contributed by atoms with Crippen molar-refractivity contribution < 1.29 is 31.5 Å². The predicted molar refractivity (Wildman–Crippen MR) is 110 cm³/mol. The van der Waals surface area contributed by atoms with Gasteiger partial charge in [0.05, 0.1) is 10.2 Å². The fourth-order valence-corrected chi connectivity index (χ4v) is 3.97. The third-order valence-corrected chi connectivity index (χ3v) is 5.54. The summed E-state index contributed by atoms with van der Waals surface area (Å²) in [7, 11) is 0. The molecule has 164 valence electrons. The minimum Gasteiger partial charge on any atom is -0.477 e. The summed E-state index contributed by atoms with van der Waals surface area (Å²) >= 11 is 1.52. The number of carbonyl (C=O) groups is 1. The Hall–Kier alpha value is -3.53. The number of halogens is 5. The molecule has 0 aliphatic heterocycles. The molecule has 10 heteroatoms. The average Bonchev–Trinajstić information content (AvgIpc) is 3.20. The van der Waals surface area contributed by atoms with E-state index in [1.807, 2.05) is 25.1 Å². The van der Waals surface area contributed by atoms with Crippen LogP contribution in [0.1, 0.15) is 5.56 Å². The summed E-state index contributed by atoms with van der Waals surface area (Å²) < 4.78 is 72.2. The van der Waals surface area contributed by atoms with Gasteiger partial charge >= 0.3 is 0 Å². The first-order valence-corrected chi connectivity index (χ1v) is 9.98. The molecule has 1 aromatic heterocycles. The number of thiazole rings is 1. The Labute approximate surface area is 182 Å². The Balaban J connectivity index is 1.43. The molecule has 0 aliphatic rings. The summed E-state index contributed by atoms with van der Waals surface area (Å²) in [4.78, 5) is 16.6. The number of nitrogens with zero attached hydrogens (tertiary/aromatic N) is 1. The van der Waals surface area contributed by atoms with Gasteiger partial charge in [-0.25, -0.2) is 18.2 Å². The first kappa shape index (κ1) is 21.7. The third-order valence-electron chi connectivity index (χ3n) is 4.48. The van der Waals surface area contributed by atoms with Crippen molar-refractivity contribution in [2.75, 3.05) is 11.9 Å². The smallest absolute Gasteiger partial charge is 0.262 e. The van der Waals surface area contributed by atoms with Crippen molar-refractivity contribution in [1.82, 2.24) is 4.98 Å². The number of hydrogen-bond donors (Lipinski definition) is 1. The van der Waals surface area contributed by atoms with Gasteiger partial charge in [-0.3, -0.25) is 4.79 Å². The zero-order chi connectivity index (χ0) is 23.0. The van der Waals surface area contributed by atoms with Gasteiger partial charge in [-0.05, 0) is 48.9 Å². The molecule has 3 aromatic carbocycles. The van der Waals surface area contributed by atoms with E-state index in [1.165, 1.54) is 11.3 Å². The number of rotatable bonds is 5. The lowest BCUT2D eigenvalue weighted by Crippen LogP contribution is -2.21. The molecule has 4 rings (SSSR count). The maximum atomic E-state index is 13.6. The number of carbonyl (C=O) groups excluding carboxylic acids is 1. The zero-order valence-electron chi connectivity index (χ0n) is 16.3. The molecule has 1 heterocycles. The number of aromatic nitrogens is 1. The van der Waals surface area contributed by atoms with Crippen LogP contribution in [0.3, 0.4) is 0 Å². The fraction of sp³-hybridized carbons (Fsp3) is 0.0909. The van der Waals surface area contributed by atoms with Crippen LogP contribution in [0, 0.1) is 36.0 Å². The van der Waals surface area contributed by atoms with Crippen molar-refractivity contribution >= 4 is 33.1 Å². The van der Waals surface area contributed by atoms with E-state index >= 15 is 0 Å². The lowest BCUT2D eigenvalue weighted by Gasteiger charge is -2.10. The molecule has 0 fully saturated rings. The number of anilines is 1. The lowest BCUT2D eigenvalue weighted by atomic mass is 10.2. The summed E-state index contributed by atoms with van der Waals surface area (Å²) in [6.07, 6.45) is 0. The number of hydrogen-bond acceptors (Lipinski definition) is 4. The van der Waals surface area contributed by atoms with Crippen molar-refractivity contribution in [3.63, 3.8) is 0 Å². The van der Waals surface area contributed by atoms with Gasteiger partial charge in [-0.1, -0.05) is 6.07 Å². The van der Waals surface area contributed by atoms with Gasteiger partial charge in [0.15, 0.2) is 12.4 Å². The molecule has 0 bridgehead atoms. The molecule has 0 unspecified atom stereocenters. The Morgan fingerprint density at radius 2 is 1.56 bits per heavy atom. The SMILES string of the molecule is Cc1ccc2nc(-c3ccc(NC(=O)COc4c(F)c(F)c(F)c(F)c4F)cc3)sc2c1. The van der Waals surface area contributed by atoms with Crippen LogP contribution in [0.4, 0.5) is 27.6 Å². The molecule has 0 saturated heterocycles. The van der Waals surface area contributed by atoms with E-state index in [9.17, 15) is 26.7 Å². The first-order chi connectivity index (χ1) is 15.2. The molecule has 0 aliphatic carbocycles. The maximum absolute atomic E-state index is 13.6. The molecule has 0 atom stereocenters. The second kappa shape index (κ2) is 8.54. The normalized spacial score (nSPS) is 11.1. The van der Waals surface area contributed by atoms with Gasteiger partial charge in [-0.2, -0.15) is 8.78 Å². The Kier molecular flexibility index (Phi) is 5.79. The van der Waals surface area contributed by atoms with E-state index in [1.54, 1.807) is 24.3 Å². The van der Waals surface area contributed by atoms with Crippen LogP contribution < -0.4 is 10.1 Å². The third kappa shape index (κ3) is 4.13. The van der Waals surface area contributed by atoms with Crippen LogP contribution in [-0.2, 0) is 4.79 Å². The van der Waals surface area contributed by atoms with Crippen LogP contribution >= 0.6 is 11.3 Å². The van der Waals surface area contributed by atoms with Crippen molar-refractivity contribution in [2.45, 2.75) is 6.92 Å². The van der Waals surface area contributed by atoms with Gasteiger partial charge in [-0.15, -0.1) is 11.3 Å². The highest BCUT2D eigenvalue weighted by molar-refractivity contribution is 7.21. The van der Waals surface area contributed by atoms with Crippen molar-refractivity contribution in [1.29, 1.82) is 0 Å². The van der Waals surface area contributed by atoms with Gasteiger partial charge in [0, 0.05) is 11.3 Å². The molecule has 4 nitrogen and oxygen atoms in total. The molecular weight excluding hydrogens is 451 g/mol. The summed E-state index contributed by atoms with van der Waals surface area (Å²) in [6.45, 7) is 1.03. The summed E-state index contributed by atoms with van der Waals surface area (Å²) in [6, 6.07) is 12.6. The van der Waals surface area contributed by atoms with Crippen LogP contribution in [0.5, 0.6) is 5.75 Å². The van der Waals surface area contributed by atoms with E-state index in [2.05, 4.69) is 15.0 Å². The number of fused-ring (bicyclic) bond motifs is 1. The molecule has 0 radical (unpaired) electrons. The minimum absolute atomic E-state index is 0.344. The Bertz CT molecular complexity index is 1310.